The Bertz CT molecular complexity index is 1000. The second kappa shape index (κ2) is 6.69. The van der Waals surface area contributed by atoms with Crippen molar-refractivity contribution >= 4 is 33.0 Å². The van der Waals surface area contributed by atoms with Gasteiger partial charge in [0.1, 0.15) is 11.5 Å². The maximum absolute atomic E-state index is 6.35. The van der Waals surface area contributed by atoms with Crippen LogP contribution in [0.1, 0.15) is 35.4 Å². The predicted molar refractivity (Wildman–Crippen MR) is 111 cm³/mol. The van der Waals surface area contributed by atoms with Crippen molar-refractivity contribution in [2.75, 3.05) is 7.11 Å². The Morgan fingerprint density at radius 1 is 1.19 bits per heavy atom. The number of halogens is 1. The van der Waals surface area contributed by atoms with E-state index < -0.39 is 0 Å². The molecule has 0 unspecified atom stereocenters. The monoisotopic (exact) mass is 440 g/mol. The molecule has 136 valence electrons. The molecule has 2 aromatic carbocycles. The number of hydrogen-bond donors (Lipinski definition) is 0. The van der Waals surface area contributed by atoms with Crippen LogP contribution in [-0.2, 0) is 0 Å². The lowest BCUT2D eigenvalue weighted by molar-refractivity contribution is -0.0188. The minimum atomic E-state index is -0.203. The van der Waals surface area contributed by atoms with Gasteiger partial charge in [-0.15, -0.1) is 0 Å². The number of hydrogen-bond acceptors (Lipinski definition) is 5. The Hall–Kier alpha value is -2.31. The molecule has 0 amide bonds. The average Bonchev–Trinajstić information content (AvgIpc) is 3.38. The van der Waals surface area contributed by atoms with Crippen molar-refractivity contribution in [3.63, 3.8) is 0 Å². The van der Waals surface area contributed by atoms with Crippen LogP contribution < -0.4 is 9.47 Å². The molecule has 1 aromatic heterocycles. The molecule has 0 fully saturated rings. The Kier molecular flexibility index (Phi) is 4.17. The van der Waals surface area contributed by atoms with Gasteiger partial charge in [0.05, 0.1) is 18.9 Å². The summed E-state index contributed by atoms with van der Waals surface area (Å²) in [4.78, 5) is 0. The molecule has 4 nitrogen and oxygen atoms in total. The number of thiophene rings is 1. The van der Waals surface area contributed by atoms with E-state index in [4.69, 9.17) is 14.6 Å². The molecule has 3 heterocycles. The SMILES string of the molecule is COc1ccc(C2=NN3[C@@H](C2)c2cc(Br)ccc2O[C@H]3c2ccsc2)cc1. The summed E-state index contributed by atoms with van der Waals surface area (Å²) >= 11 is 5.27. The summed E-state index contributed by atoms with van der Waals surface area (Å²) in [7, 11) is 1.68. The van der Waals surface area contributed by atoms with Crippen LogP contribution in [0.4, 0.5) is 0 Å². The maximum atomic E-state index is 6.35. The molecule has 27 heavy (non-hydrogen) atoms. The summed E-state index contributed by atoms with van der Waals surface area (Å²) in [6.45, 7) is 0. The highest BCUT2D eigenvalue weighted by molar-refractivity contribution is 9.10. The molecule has 0 radical (unpaired) electrons. The summed E-state index contributed by atoms with van der Waals surface area (Å²) in [6, 6.07) is 16.6. The minimum absolute atomic E-state index is 0.160. The molecule has 0 saturated carbocycles. The second-order valence-electron chi connectivity index (χ2n) is 6.58. The van der Waals surface area contributed by atoms with Gasteiger partial charge >= 0.3 is 0 Å². The van der Waals surface area contributed by atoms with Crippen molar-refractivity contribution in [2.45, 2.75) is 18.7 Å². The van der Waals surface area contributed by atoms with Crippen LogP contribution in [0, 0.1) is 0 Å². The molecule has 2 aliphatic heterocycles. The summed E-state index contributed by atoms with van der Waals surface area (Å²) in [5, 5.41) is 11.3. The van der Waals surface area contributed by atoms with Gasteiger partial charge in [0, 0.05) is 22.0 Å². The molecule has 0 bridgehead atoms. The quantitative estimate of drug-likeness (QED) is 0.518. The molecule has 0 spiro atoms. The van der Waals surface area contributed by atoms with Gasteiger partial charge in [-0.3, -0.25) is 0 Å². The summed E-state index contributed by atoms with van der Waals surface area (Å²) in [5.41, 5.74) is 4.49. The molecular weight excluding hydrogens is 424 g/mol. The number of methoxy groups -OCH3 is 1. The molecule has 3 aromatic rings. The maximum Gasteiger partial charge on any atom is 0.214 e. The van der Waals surface area contributed by atoms with Crippen molar-refractivity contribution < 1.29 is 9.47 Å². The number of hydrazone groups is 1. The van der Waals surface area contributed by atoms with Crippen LogP contribution in [0.3, 0.4) is 0 Å². The number of benzene rings is 2. The smallest absolute Gasteiger partial charge is 0.214 e. The van der Waals surface area contributed by atoms with E-state index in [1.165, 1.54) is 5.56 Å². The molecule has 6 heteroatoms. The summed E-state index contributed by atoms with van der Waals surface area (Å²) < 4.78 is 12.7. The zero-order chi connectivity index (χ0) is 18.4. The Morgan fingerprint density at radius 3 is 2.78 bits per heavy atom. The third-order valence-electron chi connectivity index (χ3n) is 5.00. The number of nitrogens with zero attached hydrogens (tertiary/aromatic N) is 2. The van der Waals surface area contributed by atoms with Crippen molar-refractivity contribution in [1.29, 1.82) is 0 Å². The fourth-order valence-corrected chi connectivity index (χ4v) is 4.70. The fraction of sp³-hybridized carbons (Fsp3) is 0.190. The van der Waals surface area contributed by atoms with Crippen LogP contribution in [0.25, 0.3) is 0 Å². The summed E-state index contributed by atoms with van der Waals surface area (Å²) in [6.07, 6.45) is 0.644. The van der Waals surface area contributed by atoms with E-state index in [9.17, 15) is 0 Å². The highest BCUT2D eigenvalue weighted by Crippen LogP contribution is 2.48. The largest absolute Gasteiger partial charge is 0.497 e. The van der Waals surface area contributed by atoms with E-state index in [0.717, 1.165) is 39.2 Å². The first-order valence-electron chi connectivity index (χ1n) is 8.71. The highest BCUT2D eigenvalue weighted by Gasteiger charge is 2.41. The molecule has 0 saturated heterocycles. The van der Waals surface area contributed by atoms with E-state index in [0.29, 0.717) is 0 Å². The first-order valence-corrected chi connectivity index (χ1v) is 10.4. The first kappa shape index (κ1) is 16.8. The fourth-order valence-electron chi connectivity index (χ4n) is 3.65. The van der Waals surface area contributed by atoms with Crippen LogP contribution in [0.2, 0.25) is 0 Å². The van der Waals surface area contributed by atoms with E-state index in [-0.39, 0.29) is 12.3 Å². The van der Waals surface area contributed by atoms with E-state index in [1.54, 1.807) is 18.4 Å². The second-order valence-corrected chi connectivity index (χ2v) is 8.28. The van der Waals surface area contributed by atoms with Crippen LogP contribution in [0.5, 0.6) is 11.5 Å². The predicted octanol–water partition coefficient (Wildman–Crippen LogP) is 5.76. The highest BCUT2D eigenvalue weighted by atomic mass is 79.9. The van der Waals surface area contributed by atoms with Crippen LogP contribution >= 0.6 is 27.3 Å². The van der Waals surface area contributed by atoms with Gasteiger partial charge in [-0.05, 0) is 64.9 Å². The van der Waals surface area contributed by atoms with Gasteiger partial charge in [0.2, 0.25) is 6.23 Å². The van der Waals surface area contributed by atoms with E-state index in [1.807, 2.05) is 24.3 Å². The number of rotatable bonds is 3. The van der Waals surface area contributed by atoms with Crippen LogP contribution in [0.15, 0.2) is 68.9 Å². The summed E-state index contributed by atoms with van der Waals surface area (Å²) in [5.74, 6) is 1.78. The zero-order valence-corrected chi connectivity index (χ0v) is 17.0. The molecular formula is C21H17BrN2O2S. The van der Waals surface area contributed by atoms with Crippen molar-refractivity contribution in [3.8, 4) is 11.5 Å². The lowest BCUT2D eigenvalue weighted by Gasteiger charge is -2.37. The number of ether oxygens (including phenoxy) is 2. The Balaban J connectivity index is 1.57. The minimum Gasteiger partial charge on any atom is -0.497 e. The normalized spacial score (nSPS) is 20.5. The van der Waals surface area contributed by atoms with Crippen molar-refractivity contribution in [1.82, 2.24) is 5.01 Å². The van der Waals surface area contributed by atoms with Crippen molar-refractivity contribution in [2.24, 2.45) is 5.10 Å². The molecule has 0 N–H and O–H groups in total. The van der Waals surface area contributed by atoms with Gasteiger partial charge in [0.15, 0.2) is 0 Å². The zero-order valence-electron chi connectivity index (χ0n) is 14.6. The van der Waals surface area contributed by atoms with Gasteiger partial charge < -0.3 is 9.47 Å². The average molecular weight is 441 g/mol. The third kappa shape index (κ3) is 2.93. The van der Waals surface area contributed by atoms with Gasteiger partial charge in [-0.1, -0.05) is 15.9 Å². The third-order valence-corrected chi connectivity index (χ3v) is 6.20. The van der Waals surface area contributed by atoms with Crippen LogP contribution in [-0.4, -0.2) is 17.8 Å². The standard InChI is InChI=1S/C21H17BrN2O2S/c1-25-16-5-2-13(3-6-16)18-11-19-17-10-15(22)4-7-20(17)26-21(24(19)23-18)14-8-9-27-12-14/h2-10,12,19,21H,11H2,1H3/t19-,21-/m0/s1. The van der Waals surface area contributed by atoms with Gasteiger partial charge in [-0.2, -0.15) is 16.4 Å². The molecule has 2 aliphatic rings. The number of fused-ring (bicyclic) bond motifs is 3. The topological polar surface area (TPSA) is 34.1 Å². The first-order chi connectivity index (χ1) is 13.2. The lowest BCUT2D eigenvalue weighted by atomic mass is 9.96. The van der Waals surface area contributed by atoms with Gasteiger partial charge in [0.25, 0.3) is 0 Å². The molecule has 2 atom stereocenters. The molecule has 5 rings (SSSR count). The Labute approximate surface area is 170 Å². The van der Waals surface area contributed by atoms with Gasteiger partial charge in [-0.25, -0.2) is 5.01 Å². The van der Waals surface area contributed by atoms with E-state index >= 15 is 0 Å². The Morgan fingerprint density at radius 2 is 2.04 bits per heavy atom. The van der Waals surface area contributed by atoms with Crippen molar-refractivity contribution in [3.05, 3.63) is 80.5 Å². The molecule has 0 aliphatic carbocycles. The lowest BCUT2D eigenvalue weighted by Crippen LogP contribution is -2.33. The van der Waals surface area contributed by atoms with E-state index in [2.05, 4.69) is 56.0 Å².